The highest BCUT2D eigenvalue weighted by Crippen LogP contribution is 2.22. The van der Waals surface area contributed by atoms with Gasteiger partial charge in [0.25, 0.3) is 5.91 Å². The molecule has 0 unspecified atom stereocenters. The van der Waals surface area contributed by atoms with Crippen molar-refractivity contribution >= 4 is 18.0 Å². The fourth-order valence-corrected chi connectivity index (χ4v) is 3.32. The molecule has 1 heterocycles. The Morgan fingerprint density at radius 2 is 1.85 bits per heavy atom. The molecule has 0 saturated carbocycles. The van der Waals surface area contributed by atoms with Crippen molar-refractivity contribution in [3.63, 3.8) is 0 Å². The van der Waals surface area contributed by atoms with Gasteiger partial charge in [0.05, 0.1) is 6.61 Å². The zero-order chi connectivity index (χ0) is 19.8. The molecule has 0 N–H and O–H groups in total. The lowest BCUT2D eigenvalue weighted by molar-refractivity contribution is -0.151. The van der Waals surface area contributed by atoms with Gasteiger partial charge >= 0.3 is 5.97 Å². The molecule has 0 spiro atoms. The topological polar surface area (TPSA) is 79.6 Å². The normalized spacial score (nSPS) is 19.9. The van der Waals surface area contributed by atoms with E-state index in [0.717, 1.165) is 19.3 Å². The minimum Gasteiger partial charge on any atom is -0.494 e. The Bertz CT molecular complexity index is 724. The third-order valence-corrected chi connectivity index (χ3v) is 4.65. The Morgan fingerprint density at radius 3 is 2.41 bits per heavy atom. The number of hydrogen-bond acceptors (Lipinski definition) is 5. The summed E-state index contributed by atoms with van der Waals surface area (Å²) in [5.74, 6) is -0.301. The van der Waals surface area contributed by atoms with Crippen LogP contribution in [-0.2, 0) is 14.3 Å². The maximum absolute atomic E-state index is 12.4. The fraction of sp³-hybridized carbons (Fsp3) is 0.476. The molecular weight excluding hydrogens is 344 g/mol. The van der Waals surface area contributed by atoms with Gasteiger partial charge in [-0.1, -0.05) is 12.1 Å². The monoisotopic (exact) mass is 370 g/mol. The number of benzene rings is 1. The van der Waals surface area contributed by atoms with Gasteiger partial charge in [-0.2, -0.15) is 5.26 Å². The molecule has 0 aliphatic carbocycles. The molecule has 1 aromatic rings. The largest absolute Gasteiger partial charge is 0.494 e. The number of rotatable bonds is 6. The number of hydrogen-bond donors (Lipinski definition) is 0. The van der Waals surface area contributed by atoms with Crippen molar-refractivity contribution in [1.29, 1.82) is 5.26 Å². The second-order valence-corrected chi connectivity index (χ2v) is 6.68. The van der Waals surface area contributed by atoms with E-state index >= 15 is 0 Å². The summed E-state index contributed by atoms with van der Waals surface area (Å²) in [6.07, 6.45) is 4.43. The Balaban J connectivity index is 1.98. The standard InChI is InChI=1S/C21H26N2O4/c1-4-26-19-10-8-17(9-11-19)12-18(13-22)21(25)27-14-20(24)23-15(2)6-5-7-16(23)3/h8-12,15-16H,4-7,14H2,1-3H3/b18-12+/t15-,16+. The summed E-state index contributed by atoms with van der Waals surface area (Å²) < 4.78 is 10.5. The Kier molecular flexibility index (Phi) is 7.42. The summed E-state index contributed by atoms with van der Waals surface area (Å²) in [7, 11) is 0. The molecule has 27 heavy (non-hydrogen) atoms. The molecule has 144 valence electrons. The molecule has 1 fully saturated rings. The van der Waals surface area contributed by atoms with Crippen molar-refractivity contribution in [1.82, 2.24) is 4.90 Å². The number of carbonyl (C=O) groups excluding carboxylic acids is 2. The molecule has 0 radical (unpaired) electrons. The first-order valence-electron chi connectivity index (χ1n) is 9.29. The van der Waals surface area contributed by atoms with E-state index in [2.05, 4.69) is 0 Å². The van der Waals surface area contributed by atoms with Crippen molar-refractivity contribution in [3.8, 4) is 11.8 Å². The SMILES string of the molecule is CCOc1ccc(/C=C(\C#N)C(=O)OCC(=O)N2[C@H](C)CCC[C@@H]2C)cc1. The lowest BCUT2D eigenvalue weighted by Gasteiger charge is -2.38. The van der Waals surface area contributed by atoms with Gasteiger partial charge in [-0.15, -0.1) is 0 Å². The Hall–Kier alpha value is -2.81. The molecule has 6 nitrogen and oxygen atoms in total. The molecular formula is C21H26N2O4. The second-order valence-electron chi connectivity index (χ2n) is 6.68. The molecule has 1 aliphatic rings. The lowest BCUT2D eigenvalue weighted by atomic mass is 9.97. The maximum atomic E-state index is 12.4. The van der Waals surface area contributed by atoms with E-state index < -0.39 is 5.97 Å². The van der Waals surface area contributed by atoms with Crippen LogP contribution in [0, 0.1) is 11.3 Å². The zero-order valence-electron chi connectivity index (χ0n) is 16.1. The number of ether oxygens (including phenoxy) is 2. The van der Waals surface area contributed by atoms with Crippen LogP contribution < -0.4 is 4.74 Å². The van der Waals surface area contributed by atoms with Crippen molar-refractivity contribution in [2.24, 2.45) is 0 Å². The van der Waals surface area contributed by atoms with E-state index in [4.69, 9.17) is 9.47 Å². The van der Waals surface area contributed by atoms with Crippen LogP contribution in [0.3, 0.4) is 0 Å². The van der Waals surface area contributed by atoms with Crippen LogP contribution in [-0.4, -0.2) is 42.1 Å². The minimum atomic E-state index is -0.794. The maximum Gasteiger partial charge on any atom is 0.349 e. The average molecular weight is 370 g/mol. The van der Waals surface area contributed by atoms with Crippen LogP contribution >= 0.6 is 0 Å². The van der Waals surface area contributed by atoms with Gasteiger partial charge in [-0.25, -0.2) is 4.79 Å². The number of piperidine rings is 1. The van der Waals surface area contributed by atoms with Crippen LogP contribution in [0.2, 0.25) is 0 Å². The van der Waals surface area contributed by atoms with Gasteiger partial charge in [0, 0.05) is 12.1 Å². The van der Waals surface area contributed by atoms with E-state index in [1.807, 2.05) is 26.8 Å². The summed E-state index contributed by atoms with van der Waals surface area (Å²) in [4.78, 5) is 26.4. The van der Waals surface area contributed by atoms with E-state index in [9.17, 15) is 14.9 Å². The molecule has 0 bridgehead atoms. The first kappa shape index (κ1) is 20.5. The lowest BCUT2D eigenvalue weighted by Crippen LogP contribution is -2.49. The van der Waals surface area contributed by atoms with Gasteiger partial charge < -0.3 is 14.4 Å². The van der Waals surface area contributed by atoms with Crippen molar-refractivity contribution in [3.05, 3.63) is 35.4 Å². The summed E-state index contributed by atoms with van der Waals surface area (Å²) >= 11 is 0. The highest BCUT2D eigenvalue weighted by Gasteiger charge is 2.29. The summed E-state index contributed by atoms with van der Waals surface area (Å²) in [5, 5.41) is 9.26. The van der Waals surface area contributed by atoms with Gasteiger partial charge in [0.1, 0.15) is 17.4 Å². The van der Waals surface area contributed by atoms with Gasteiger partial charge in [0.2, 0.25) is 0 Å². The number of nitrogens with zero attached hydrogens (tertiary/aromatic N) is 2. The number of nitriles is 1. The van der Waals surface area contributed by atoms with Crippen molar-refractivity contribution in [2.75, 3.05) is 13.2 Å². The van der Waals surface area contributed by atoms with E-state index in [1.54, 1.807) is 29.2 Å². The highest BCUT2D eigenvalue weighted by atomic mass is 16.5. The number of amides is 1. The van der Waals surface area contributed by atoms with Crippen molar-refractivity contribution in [2.45, 2.75) is 52.1 Å². The average Bonchev–Trinajstić information content (AvgIpc) is 2.65. The molecule has 1 aromatic carbocycles. The van der Waals surface area contributed by atoms with Crippen molar-refractivity contribution < 1.29 is 19.1 Å². The Labute approximate surface area is 160 Å². The van der Waals surface area contributed by atoms with Crippen LogP contribution in [0.25, 0.3) is 6.08 Å². The second kappa shape index (κ2) is 9.77. The first-order valence-corrected chi connectivity index (χ1v) is 9.29. The Morgan fingerprint density at radius 1 is 1.22 bits per heavy atom. The van der Waals surface area contributed by atoms with Crippen LogP contribution in [0.4, 0.5) is 0 Å². The fourth-order valence-electron chi connectivity index (χ4n) is 3.32. The summed E-state index contributed by atoms with van der Waals surface area (Å²) in [6, 6.07) is 9.13. The van der Waals surface area contributed by atoms with E-state index in [-0.39, 0.29) is 30.2 Å². The molecule has 6 heteroatoms. The van der Waals surface area contributed by atoms with Crippen LogP contribution in [0.15, 0.2) is 29.8 Å². The number of esters is 1. The van der Waals surface area contributed by atoms with E-state index in [1.165, 1.54) is 6.08 Å². The molecule has 1 aliphatic heterocycles. The van der Waals surface area contributed by atoms with Gasteiger partial charge in [0.15, 0.2) is 6.61 Å². The molecule has 2 rings (SSSR count). The summed E-state index contributed by atoms with van der Waals surface area (Å²) in [6.45, 7) is 6.11. The van der Waals surface area contributed by atoms with E-state index in [0.29, 0.717) is 17.9 Å². The third kappa shape index (κ3) is 5.58. The molecule has 2 atom stereocenters. The third-order valence-electron chi connectivity index (χ3n) is 4.65. The van der Waals surface area contributed by atoms with Gasteiger partial charge in [-0.05, 0) is 63.8 Å². The smallest absolute Gasteiger partial charge is 0.349 e. The number of likely N-dealkylation sites (tertiary alicyclic amines) is 1. The van der Waals surface area contributed by atoms with Crippen LogP contribution in [0.5, 0.6) is 5.75 Å². The molecule has 1 saturated heterocycles. The van der Waals surface area contributed by atoms with Crippen LogP contribution in [0.1, 0.15) is 45.6 Å². The molecule has 1 amide bonds. The zero-order valence-corrected chi connectivity index (χ0v) is 16.1. The quantitative estimate of drug-likeness (QED) is 0.436. The predicted molar refractivity (Wildman–Crippen MR) is 102 cm³/mol. The first-order chi connectivity index (χ1) is 13.0. The molecule has 0 aromatic heterocycles. The predicted octanol–water partition coefficient (Wildman–Crippen LogP) is 3.32. The number of carbonyl (C=O) groups is 2. The summed E-state index contributed by atoms with van der Waals surface area (Å²) in [5.41, 5.74) is 0.531. The minimum absolute atomic E-state index is 0.134. The highest BCUT2D eigenvalue weighted by molar-refractivity contribution is 5.98. The van der Waals surface area contributed by atoms with Gasteiger partial charge in [-0.3, -0.25) is 4.79 Å².